The summed E-state index contributed by atoms with van der Waals surface area (Å²) in [5, 5.41) is 0. The average Bonchev–Trinajstić information content (AvgIpc) is 2.54. The van der Waals surface area contributed by atoms with Gasteiger partial charge in [0.2, 0.25) is 0 Å². The fraction of sp³-hybridized carbons (Fsp3) is 0.368. The van der Waals surface area contributed by atoms with E-state index in [0.717, 1.165) is 23.5 Å². The quantitative estimate of drug-likeness (QED) is 0.845. The van der Waals surface area contributed by atoms with E-state index in [9.17, 15) is 0 Å². The number of methoxy groups -OCH3 is 1. The largest absolute Gasteiger partial charge is 0.493 e. The van der Waals surface area contributed by atoms with Crippen molar-refractivity contribution in [2.75, 3.05) is 7.11 Å². The number of benzene rings is 2. The van der Waals surface area contributed by atoms with Crippen LogP contribution < -0.4 is 15.2 Å². The molecule has 2 rings (SSSR count). The first-order valence-electron chi connectivity index (χ1n) is 7.69. The second-order valence-corrected chi connectivity index (χ2v) is 5.87. The molecule has 0 radical (unpaired) electrons. The summed E-state index contributed by atoms with van der Waals surface area (Å²) < 4.78 is 11.3. The molecule has 0 aromatic heterocycles. The predicted molar refractivity (Wildman–Crippen MR) is 90.3 cm³/mol. The van der Waals surface area contributed by atoms with Crippen LogP contribution in [0.1, 0.15) is 25.0 Å². The Labute approximate surface area is 133 Å². The van der Waals surface area contributed by atoms with Crippen LogP contribution in [-0.2, 0) is 13.0 Å². The van der Waals surface area contributed by atoms with Gasteiger partial charge in [0.25, 0.3) is 0 Å². The highest BCUT2D eigenvalue weighted by molar-refractivity contribution is 5.43. The first-order chi connectivity index (χ1) is 10.6. The first kappa shape index (κ1) is 16.4. The molecule has 0 aliphatic carbocycles. The lowest BCUT2D eigenvalue weighted by Gasteiger charge is -2.17. The Hall–Kier alpha value is -2.00. The van der Waals surface area contributed by atoms with E-state index in [0.29, 0.717) is 12.5 Å². The van der Waals surface area contributed by atoms with Crippen molar-refractivity contribution < 1.29 is 9.47 Å². The number of hydrogen-bond donors (Lipinski definition) is 1. The molecule has 1 unspecified atom stereocenters. The van der Waals surface area contributed by atoms with Gasteiger partial charge in [-0.1, -0.05) is 50.2 Å². The molecule has 0 saturated carbocycles. The number of nitrogens with two attached hydrogens (primary N) is 1. The predicted octanol–water partition coefficient (Wildman–Crippen LogP) is 3.80. The van der Waals surface area contributed by atoms with Crippen LogP contribution in [0.5, 0.6) is 11.5 Å². The van der Waals surface area contributed by atoms with Gasteiger partial charge in [-0.3, -0.25) is 0 Å². The lowest BCUT2D eigenvalue weighted by Crippen LogP contribution is -2.28. The highest BCUT2D eigenvalue weighted by Crippen LogP contribution is 2.29. The van der Waals surface area contributed by atoms with Crippen LogP contribution in [0.2, 0.25) is 0 Å². The van der Waals surface area contributed by atoms with Crippen LogP contribution in [-0.4, -0.2) is 13.2 Å². The first-order valence-corrected chi connectivity index (χ1v) is 7.69. The lowest BCUT2D eigenvalue weighted by molar-refractivity contribution is 0.284. The molecule has 2 aromatic rings. The van der Waals surface area contributed by atoms with Gasteiger partial charge in [0.05, 0.1) is 7.11 Å². The minimum Gasteiger partial charge on any atom is -0.493 e. The zero-order valence-electron chi connectivity index (χ0n) is 13.6. The van der Waals surface area contributed by atoms with Crippen LogP contribution in [0.15, 0.2) is 48.5 Å². The lowest BCUT2D eigenvalue weighted by atomic mass is 9.97. The second-order valence-electron chi connectivity index (χ2n) is 5.87. The SMILES string of the molecule is COc1ccc(CC(N)C(C)C)cc1OCc1ccccc1. The number of ether oxygens (including phenoxy) is 2. The molecule has 2 N–H and O–H groups in total. The van der Waals surface area contributed by atoms with Crippen molar-refractivity contribution in [3.8, 4) is 11.5 Å². The van der Waals surface area contributed by atoms with Crippen LogP contribution in [0.4, 0.5) is 0 Å². The Morgan fingerprint density at radius 2 is 1.68 bits per heavy atom. The molecule has 0 heterocycles. The molecule has 3 heteroatoms. The summed E-state index contributed by atoms with van der Waals surface area (Å²) in [6.07, 6.45) is 0.837. The highest BCUT2D eigenvalue weighted by Gasteiger charge is 2.11. The number of hydrogen-bond acceptors (Lipinski definition) is 3. The maximum Gasteiger partial charge on any atom is 0.161 e. The normalized spacial score (nSPS) is 12.2. The van der Waals surface area contributed by atoms with E-state index < -0.39 is 0 Å². The molecule has 0 aliphatic heterocycles. The minimum absolute atomic E-state index is 0.148. The third-order valence-corrected chi connectivity index (χ3v) is 3.79. The Bertz CT molecular complexity index is 581. The smallest absolute Gasteiger partial charge is 0.161 e. The van der Waals surface area contributed by atoms with E-state index in [4.69, 9.17) is 15.2 Å². The van der Waals surface area contributed by atoms with Gasteiger partial charge in [0.1, 0.15) is 6.61 Å². The maximum atomic E-state index is 6.16. The zero-order valence-corrected chi connectivity index (χ0v) is 13.6. The molecule has 22 heavy (non-hydrogen) atoms. The Morgan fingerprint density at radius 1 is 0.955 bits per heavy atom. The summed E-state index contributed by atoms with van der Waals surface area (Å²) in [5.41, 5.74) is 8.47. The van der Waals surface area contributed by atoms with E-state index in [2.05, 4.69) is 19.9 Å². The molecule has 0 aliphatic rings. The Balaban J connectivity index is 2.10. The molecule has 0 amide bonds. The topological polar surface area (TPSA) is 44.5 Å². The molecule has 118 valence electrons. The van der Waals surface area contributed by atoms with Crippen molar-refractivity contribution in [3.05, 3.63) is 59.7 Å². The summed E-state index contributed by atoms with van der Waals surface area (Å²) in [6.45, 7) is 4.80. The standard InChI is InChI=1S/C19H25NO2/c1-14(2)17(20)11-16-9-10-18(21-3)19(12-16)22-13-15-7-5-4-6-8-15/h4-10,12,14,17H,11,13,20H2,1-3H3. The van der Waals surface area contributed by atoms with Crippen molar-refractivity contribution in [1.82, 2.24) is 0 Å². The second kappa shape index (κ2) is 7.85. The van der Waals surface area contributed by atoms with Crippen molar-refractivity contribution in [2.24, 2.45) is 11.7 Å². The van der Waals surface area contributed by atoms with Crippen molar-refractivity contribution in [2.45, 2.75) is 32.9 Å². The summed E-state index contributed by atoms with van der Waals surface area (Å²) in [7, 11) is 1.66. The monoisotopic (exact) mass is 299 g/mol. The zero-order chi connectivity index (χ0) is 15.9. The Morgan fingerprint density at radius 3 is 2.32 bits per heavy atom. The minimum atomic E-state index is 0.148. The highest BCUT2D eigenvalue weighted by atomic mass is 16.5. The summed E-state index contributed by atoms with van der Waals surface area (Å²) in [4.78, 5) is 0. The van der Waals surface area contributed by atoms with Crippen LogP contribution >= 0.6 is 0 Å². The molecular formula is C19H25NO2. The van der Waals surface area contributed by atoms with Crippen molar-refractivity contribution in [1.29, 1.82) is 0 Å². The Kier molecular flexibility index (Phi) is 5.84. The van der Waals surface area contributed by atoms with Crippen molar-refractivity contribution >= 4 is 0 Å². The number of rotatable bonds is 7. The van der Waals surface area contributed by atoms with Gasteiger partial charge in [0, 0.05) is 6.04 Å². The molecule has 2 aromatic carbocycles. The molecule has 0 spiro atoms. The van der Waals surface area contributed by atoms with E-state index in [1.165, 1.54) is 5.56 Å². The third kappa shape index (κ3) is 4.50. The van der Waals surface area contributed by atoms with Gasteiger partial charge >= 0.3 is 0 Å². The molecule has 0 saturated heterocycles. The van der Waals surface area contributed by atoms with Crippen molar-refractivity contribution in [3.63, 3.8) is 0 Å². The maximum absolute atomic E-state index is 6.16. The van der Waals surface area contributed by atoms with Gasteiger partial charge in [-0.05, 0) is 35.6 Å². The fourth-order valence-electron chi connectivity index (χ4n) is 2.20. The summed E-state index contributed by atoms with van der Waals surface area (Å²) in [5.74, 6) is 1.97. The van der Waals surface area contributed by atoms with Gasteiger partial charge in [0.15, 0.2) is 11.5 Å². The molecule has 3 nitrogen and oxygen atoms in total. The van der Waals surface area contributed by atoms with Crippen LogP contribution in [0.25, 0.3) is 0 Å². The van der Waals surface area contributed by atoms with Crippen LogP contribution in [0.3, 0.4) is 0 Å². The van der Waals surface area contributed by atoms with E-state index in [1.54, 1.807) is 7.11 Å². The van der Waals surface area contributed by atoms with E-state index >= 15 is 0 Å². The fourth-order valence-corrected chi connectivity index (χ4v) is 2.20. The van der Waals surface area contributed by atoms with E-state index in [-0.39, 0.29) is 6.04 Å². The molecule has 0 fully saturated rings. The molecule has 0 bridgehead atoms. The van der Waals surface area contributed by atoms with Gasteiger partial charge in [-0.2, -0.15) is 0 Å². The third-order valence-electron chi connectivity index (χ3n) is 3.79. The summed E-state index contributed by atoms with van der Waals surface area (Å²) >= 11 is 0. The van der Waals surface area contributed by atoms with E-state index in [1.807, 2.05) is 42.5 Å². The molecule has 1 atom stereocenters. The van der Waals surface area contributed by atoms with Gasteiger partial charge in [-0.15, -0.1) is 0 Å². The molecular weight excluding hydrogens is 274 g/mol. The van der Waals surface area contributed by atoms with Crippen LogP contribution in [0, 0.1) is 5.92 Å². The average molecular weight is 299 g/mol. The van der Waals surface area contributed by atoms with Gasteiger partial charge < -0.3 is 15.2 Å². The summed E-state index contributed by atoms with van der Waals surface area (Å²) in [6, 6.07) is 16.3. The van der Waals surface area contributed by atoms with Gasteiger partial charge in [-0.25, -0.2) is 0 Å².